The molecule has 0 saturated heterocycles. The molecule has 0 saturated carbocycles. The summed E-state index contributed by atoms with van der Waals surface area (Å²) in [4.78, 5) is 27.7. The predicted octanol–water partition coefficient (Wildman–Crippen LogP) is 5.26. The Morgan fingerprint density at radius 3 is 2.52 bits per heavy atom. The highest BCUT2D eigenvalue weighted by molar-refractivity contribution is 7.14. The van der Waals surface area contributed by atoms with Crippen molar-refractivity contribution in [3.8, 4) is 11.3 Å². The van der Waals surface area contributed by atoms with Crippen LogP contribution in [-0.4, -0.2) is 16.8 Å². The number of carbonyl (C=O) groups is 2. The largest absolute Gasteiger partial charge is 0.326 e. The van der Waals surface area contributed by atoms with Crippen LogP contribution < -0.4 is 10.6 Å². The molecule has 0 aliphatic rings. The van der Waals surface area contributed by atoms with Gasteiger partial charge in [0, 0.05) is 28.6 Å². The summed E-state index contributed by atoms with van der Waals surface area (Å²) >= 11 is 13.5. The monoisotopic (exact) mass is 419 g/mol. The van der Waals surface area contributed by atoms with Gasteiger partial charge in [0.1, 0.15) is 0 Å². The molecule has 0 atom stereocenters. The molecule has 1 heterocycles. The predicted molar refractivity (Wildman–Crippen MR) is 111 cm³/mol. The van der Waals surface area contributed by atoms with Gasteiger partial charge in [-0.05, 0) is 35.9 Å². The number of amides is 2. The summed E-state index contributed by atoms with van der Waals surface area (Å²) in [7, 11) is 0. The van der Waals surface area contributed by atoms with E-state index in [0.29, 0.717) is 26.6 Å². The quantitative estimate of drug-likeness (QED) is 0.592. The number of nitrogens with zero attached hydrogens (tertiary/aromatic N) is 1. The van der Waals surface area contributed by atoms with Gasteiger partial charge in [0.15, 0.2) is 5.13 Å². The molecule has 1 aromatic heterocycles. The van der Waals surface area contributed by atoms with E-state index < -0.39 is 0 Å². The van der Waals surface area contributed by atoms with Crippen molar-refractivity contribution >= 4 is 57.2 Å². The molecular formula is C19H15Cl2N3O2S. The molecule has 0 bridgehead atoms. The second-order valence-electron chi connectivity index (χ2n) is 5.77. The maximum atomic E-state index is 12.3. The minimum absolute atomic E-state index is 0.139. The zero-order valence-corrected chi connectivity index (χ0v) is 16.6. The van der Waals surface area contributed by atoms with E-state index >= 15 is 0 Å². The molecule has 0 unspecified atom stereocenters. The van der Waals surface area contributed by atoms with E-state index in [9.17, 15) is 9.59 Å². The number of halogens is 2. The topological polar surface area (TPSA) is 71.1 Å². The van der Waals surface area contributed by atoms with Crippen molar-refractivity contribution in [2.24, 2.45) is 0 Å². The number of carbonyl (C=O) groups excluding carboxylic acids is 2. The second-order valence-corrected chi connectivity index (χ2v) is 7.47. The Labute approximate surface area is 170 Å². The molecule has 0 aliphatic carbocycles. The van der Waals surface area contributed by atoms with Gasteiger partial charge in [-0.3, -0.25) is 9.59 Å². The molecule has 0 aliphatic heterocycles. The lowest BCUT2D eigenvalue weighted by atomic mass is 10.1. The van der Waals surface area contributed by atoms with E-state index in [1.807, 2.05) is 5.38 Å². The van der Waals surface area contributed by atoms with Crippen LogP contribution in [-0.2, 0) is 16.0 Å². The lowest BCUT2D eigenvalue weighted by Gasteiger charge is -2.05. The number of rotatable bonds is 5. The van der Waals surface area contributed by atoms with E-state index in [1.54, 1.807) is 42.5 Å². The smallest absolute Gasteiger partial charge is 0.230 e. The average Bonchev–Trinajstić information content (AvgIpc) is 3.06. The first-order valence-electron chi connectivity index (χ1n) is 7.98. The highest BCUT2D eigenvalue weighted by atomic mass is 35.5. The third kappa shape index (κ3) is 5.29. The van der Waals surface area contributed by atoms with Crippen molar-refractivity contribution in [1.82, 2.24) is 4.98 Å². The van der Waals surface area contributed by atoms with Crippen molar-refractivity contribution in [2.75, 3.05) is 10.6 Å². The Hall–Kier alpha value is -2.41. The molecule has 0 spiro atoms. The Kier molecular flexibility index (Phi) is 6.11. The lowest BCUT2D eigenvalue weighted by molar-refractivity contribution is -0.116. The zero-order valence-electron chi connectivity index (χ0n) is 14.3. The summed E-state index contributed by atoms with van der Waals surface area (Å²) < 4.78 is 0. The van der Waals surface area contributed by atoms with Gasteiger partial charge < -0.3 is 10.6 Å². The molecule has 5 nitrogen and oxygen atoms in total. The first-order valence-corrected chi connectivity index (χ1v) is 9.61. The zero-order chi connectivity index (χ0) is 19.4. The minimum Gasteiger partial charge on any atom is -0.326 e. The second kappa shape index (κ2) is 8.52. The van der Waals surface area contributed by atoms with Crippen LogP contribution in [0.4, 0.5) is 10.8 Å². The number of benzene rings is 2. The van der Waals surface area contributed by atoms with Gasteiger partial charge in [0.25, 0.3) is 0 Å². The lowest BCUT2D eigenvalue weighted by Crippen LogP contribution is -2.14. The van der Waals surface area contributed by atoms with Gasteiger partial charge in [-0.25, -0.2) is 4.98 Å². The SMILES string of the molecule is CC(=O)Nc1ccc(CC(=O)Nc2nc(-c3cc(Cl)ccc3Cl)cs2)cc1. The molecule has 8 heteroatoms. The van der Waals surface area contributed by atoms with Crippen LogP contribution in [0.1, 0.15) is 12.5 Å². The Balaban J connectivity index is 1.64. The first kappa shape index (κ1) is 19.4. The third-order valence-electron chi connectivity index (χ3n) is 3.59. The highest BCUT2D eigenvalue weighted by Crippen LogP contribution is 2.32. The number of hydrogen-bond donors (Lipinski definition) is 2. The summed E-state index contributed by atoms with van der Waals surface area (Å²) in [5.41, 5.74) is 2.89. The van der Waals surface area contributed by atoms with E-state index in [0.717, 1.165) is 11.1 Å². The summed E-state index contributed by atoms with van der Waals surface area (Å²) in [5, 5.41) is 8.88. The molecule has 27 heavy (non-hydrogen) atoms. The maximum absolute atomic E-state index is 12.3. The van der Waals surface area contributed by atoms with E-state index in [1.165, 1.54) is 18.3 Å². The Bertz CT molecular complexity index is 987. The average molecular weight is 420 g/mol. The number of anilines is 2. The minimum atomic E-state index is -0.180. The Morgan fingerprint density at radius 1 is 1.07 bits per heavy atom. The van der Waals surface area contributed by atoms with E-state index in [-0.39, 0.29) is 18.2 Å². The summed E-state index contributed by atoms with van der Waals surface area (Å²) in [6, 6.07) is 12.3. The number of hydrogen-bond acceptors (Lipinski definition) is 4. The van der Waals surface area contributed by atoms with Crippen LogP contribution in [0.3, 0.4) is 0 Å². The molecule has 0 radical (unpaired) electrons. The number of aromatic nitrogens is 1. The molecular weight excluding hydrogens is 405 g/mol. The van der Waals surface area contributed by atoms with Crippen LogP contribution in [0.15, 0.2) is 47.8 Å². The summed E-state index contributed by atoms with van der Waals surface area (Å²) in [6.45, 7) is 1.44. The molecule has 138 valence electrons. The Morgan fingerprint density at radius 2 is 1.81 bits per heavy atom. The van der Waals surface area contributed by atoms with Crippen molar-refractivity contribution in [3.05, 3.63) is 63.5 Å². The first-order chi connectivity index (χ1) is 12.9. The van der Waals surface area contributed by atoms with Gasteiger partial charge in [-0.1, -0.05) is 35.3 Å². The highest BCUT2D eigenvalue weighted by Gasteiger charge is 2.11. The van der Waals surface area contributed by atoms with E-state index in [4.69, 9.17) is 23.2 Å². The molecule has 0 fully saturated rings. The fraction of sp³-hybridized carbons (Fsp3) is 0.105. The fourth-order valence-corrected chi connectivity index (χ4v) is 3.52. The fourth-order valence-electron chi connectivity index (χ4n) is 2.41. The van der Waals surface area contributed by atoms with Crippen LogP contribution in [0.5, 0.6) is 0 Å². The van der Waals surface area contributed by atoms with Crippen molar-refractivity contribution in [1.29, 1.82) is 0 Å². The normalized spacial score (nSPS) is 10.5. The van der Waals surface area contributed by atoms with Gasteiger partial charge in [-0.15, -0.1) is 11.3 Å². The molecule has 3 rings (SSSR count). The maximum Gasteiger partial charge on any atom is 0.230 e. The van der Waals surface area contributed by atoms with Gasteiger partial charge in [0.05, 0.1) is 17.1 Å². The summed E-state index contributed by atoms with van der Waals surface area (Å²) in [6.07, 6.45) is 0.202. The molecule has 2 N–H and O–H groups in total. The third-order valence-corrected chi connectivity index (χ3v) is 4.92. The van der Waals surface area contributed by atoms with Crippen molar-refractivity contribution < 1.29 is 9.59 Å². The number of nitrogens with one attached hydrogen (secondary N) is 2. The number of thiazole rings is 1. The van der Waals surface area contributed by atoms with Gasteiger partial charge in [0.2, 0.25) is 11.8 Å². The van der Waals surface area contributed by atoms with E-state index in [2.05, 4.69) is 15.6 Å². The molecule has 2 aromatic carbocycles. The van der Waals surface area contributed by atoms with Gasteiger partial charge in [-0.2, -0.15) is 0 Å². The molecule has 3 aromatic rings. The van der Waals surface area contributed by atoms with Gasteiger partial charge >= 0.3 is 0 Å². The van der Waals surface area contributed by atoms with Crippen molar-refractivity contribution in [2.45, 2.75) is 13.3 Å². The standard InChI is InChI=1S/C19H15Cl2N3O2S/c1-11(25)22-14-5-2-12(3-6-14)8-18(26)24-19-23-17(10-27-19)15-9-13(20)4-7-16(15)21/h2-7,9-10H,8H2,1H3,(H,22,25)(H,23,24,26). The van der Waals surface area contributed by atoms with Crippen LogP contribution in [0.2, 0.25) is 10.0 Å². The van der Waals surface area contributed by atoms with Crippen molar-refractivity contribution in [3.63, 3.8) is 0 Å². The van der Waals surface area contributed by atoms with Crippen LogP contribution in [0, 0.1) is 0 Å². The van der Waals surface area contributed by atoms with Crippen LogP contribution in [0.25, 0.3) is 11.3 Å². The molecule has 2 amide bonds. The summed E-state index contributed by atoms with van der Waals surface area (Å²) in [5.74, 6) is -0.319. The van der Waals surface area contributed by atoms with Crippen LogP contribution >= 0.6 is 34.5 Å².